The highest BCUT2D eigenvalue weighted by molar-refractivity contribution is 14.0. The number of nitrogens with zero attached hydrogens (tertiary/aromatic N) is 3. The molecular weight excluding hydrogens is 467 g/mol. The van der Waals surface area contributed by atoms with Gasteiger partial charge in [0.2, 0.25) is 0 Å². The molecule has 0 radical (unpaired) electrons. The quantitative estimate of drug-likeness (QED) is 0.249. The van der Waals surface area contributed by atoms with Gasteiger partial charge in [-0.3, -0.25) is 4.99 Å². The van der Waals surface area contributed by atoms with Crippen molar-refractivity contribution < 1.29 is 4.52 Å². The van der Waals surface area contributed by atoms with E-state index in [4.69, 9.17) is 4.52 Å². The summed E-state index contributed by atoms with van der Waals surface area (Å²) in [4.78, 5) is 12.2. The second-order valence-corrected chi connectivity index (χ2v) is 6.53. The largest absolute Gasteiger partial charge is 0.359 e. The number of aromatic nitrogens is 3. The molecule has 0 spiro atoms. The van der Waals surface area contributed by atoms with Crippen LogP contribution >= 0.6 is 24.0 Å². The topological polar surface area (TPSA) is 91.1 Å². The lowest BCUT2D eigenvalue weighted by molar-refractivity contribution is 0.368. The van der Waals surface area contributed by atoms with Crippen molar-refractivity contribution in [3.8, 4) is 0 Å². The van der Waals surface area contributed by atoms with E-state index >= 15 is 0 Å². The number of hydrogen-bond acceptors (Lipinski definition) is 4. The Hall–Kier alpha value is -2.10. The maximum atomic E-state index is 5.44. The van der Waals surface area contributed by atoms with E-state index in [0.717, 1.165) is 60.1 Å². The average Bonchev–Trinajstić information content (AvgIpc) is 3.32. The molecule has 152 valence electrons. The minimum absolute atomic E-state index is 0. The summed E-state index contributed by atoms with van der Waals surface area (Å²) in [6.45, 7) is 5.63. The zero-order chi connectivity index (χ0) is 19.1. The molecule has 0 saturated heterocycles. The van der Waals surface area contributed by atoms with E-state index in [0.29, 0.717) is 12.5 Å². The molecule has 3 rings (SSSR count). The molecule has 0 fully saturated rings. The highest BCUT2D eigenvalue weighted by Crippen LogP contribution is 2.22. The molecule has 0 bridgehead atoms. The van der Waals surface area contributed by atoms with Gasteiger partial charge in [0.1, 0.15) is 5.82 Å². The molecule has 3 aromatic rings. The zero-order valence-electron chi connectivity index (χ0n) is 16.7. The van der Waals surface area contributed by atoms with Gasteiger partial charge in [-0.15, -0.1) is 24.0 Å². The monoisotopic (exact) mass is 496 g/mol. The molecule has 2 heterocycles. The molecule has 0 unspecified atom stereocenters. The summed E-state index contributed by atoms with van der Waals surface area (Å²) in [5.41, 5.74) is 3.09. The molecule has 0 aliphatic heterocycles. The summed E-state index contributed by atoms with van der Waals surface area (Å²) in [7, 11) is 1.76. The highest BCUT2D eigenvalue weighted by Gasteiger charge is 2.13. The Morgan fingerprint density at radius 2 is 2.00 bits per heavy atom. The number of fused-ring (bicyclic) bond motifs is 1. The molecular formula is C20H29IN6O. The van der Waals surface area contributed by atoms with Crippen LogP contribution in [0.1, 0.15) is 49.9 Å². The van der Waals surface area contributed by atoms with E-state index < -0.39 is 0 Å². The first-order chi connectivity index (χ1) is 13.2. The van der Waals surface area contributed by atoms with Crippen LogP contribution in [-0.4, -0.2) is 34.7 Å². The summed E-state index contributed by atoms with van der Waals surface area (Å²) in [6, 6.07) is 10.1. The van der Waals surface area contributed by atoms with E-state index in [1.807, 2.05) is 30.3 Å². The summed E-state index contributed by atoms with van der Waals surface area (Å²) in [5.74, 6) is 2.97. The second kappa shape index (κ2) is 11.0. The van der Waals surface area contributed by atoms with Gasteiger partial charge in [0.15, 0.2) is 11.7 Å². The number of imidazole rings is 1. The van der Waals surface area contributed by atoms with Crippen LogP contribution in [0.2, 0.25) is 0 Å². The number of aliphatic imine (C=N–C) groups is 1. The number of aromatic amines is 1. The fraction of sp³-hybridized carbons (Fsp3) is 0.450. The first-order valence-electron chi connectivity index (χ1n) is 9.57. The maximum Gasteiger partial charge on any atom is 0.191 e. The second-order valence-electron chi connectivity index (χ2n) is 6.53. The van der Waals surface area contributed by atoms with Crippen molar-refractivity contribution in [2.45, 2.75) is 45.6 Å². The minimum Gasteiger partial charge on any atom is -0.359 e. The number of nitrogens with one attached hydrogen (secondary N) is 3. The molecule has 0 aliphatic carbocycles. The van der Waals surface area contributed by atoms with Gasteiger partial charge in [-0.25, -0.2) is 4.98 Å². The Balaban J connectivity index is 0.00000280. The molecule has 28 heavy (non-hydrogen) atoms. The van der Waals surface area contributed by atoms with Gasteiger partial charge in [0.05, 0.1) is 23.3 Å². The van der Waals surface area contributed by atoms with Crippen molar-refractivity contribution in [2.75, 3.05) is 13.6 Å². The van der Waals surface area contributed by atoms with Crippen LogP contribution in [0.15, 0.2) is 39.8 Å². The highest BCUT2D eigenvalue weighted by atomic mass is 127. The normalized spacial score (nSPS) is 11.6. The lowest BCUT2D eigenvalue weighted by Crippen LogP contribution is -2.37. The average molecular weight is 496 g/mol. The van der Waals surface area contributed by atoms with E-state index in [1.54, 1.807) is 7.05 Å². The molecule has 1 aromatic carbocycles. The summed E-state index contributed by atoms with van der Waals surface area (Å²) in [6.07, 6.45) is 2.93. The molecule has 7 nitrogen and oxygen atoms in total. The lowest BCUT2D eigenvalue weighted by atomic mass is 9.99. The molecule has 3 N–H and O–H groups in total. The minimum atomic E-state index is 0. The van der Waals surface area contributed by atoms with Gasteiger partial charge >= 0.3 is 0 Å². The Bertz CT molecular complexity index is 851. The van der Waals surface area contributed by atoms with Crippen LogP contribution in [0, 0.1) is 0 Å². The molecule has 0 atom stereocenters. The van der Waals surface area contributed by atoms with Crippen molar-refractivity contribution in [3.05, 3.63) is 47.6 Å². The fourth-order valence-electron chi connectivity index (χ4n) is 3.13. The van der Waals surface area contributed by atoms with Crippen LogP contribution in [-0.2, 0) is 13.0 Å². The van der Waals surface area contributed by atoms with Crippen molar-refractivity contribution >= 4 is 41.0 Å². The van der Waals surface area contributed by atoms with Crippen molar-refractivity contribution in [1.29, 1.82) is 0 Å². The van der Waals surface area contributed by atoms with Gasteiger partial charge in [0.25, 0.3) is 0 Å². The van der Waals surface area contributed by atoms with Crippen LogP contribution in [0.5, 0.6) is 0 Å². The van der Waals surface area contributed by atoms with Crippen LogP contribution in [0.25, 0.3) is 11.0 Å². The molecule has 0 amide bonds. The number of benzene rings is 1. The van der Waals surface area contributed by atoms with Crippen LogP contribution in [0.3, 0.4) is 0 Å². The Labute approximate surface area is 182 Å². The van der Waals surface area contributed by atoms with E-state index in [9.17, 15) is 0 Å². The Morgan fingerprint density at radius 3 is 2.71 bits per heavy atom. The zero-order valence-corrected chi connectivity index (χ0v) is 19.0. The lowest BCUT2D eigenvalue weighted by Gasteiger charge is -2.09. The maximum absolute atomic E-state index is 5.44. The van der Waals surface area contributed by atoms with E-state index in [2.05, 4.69) is 44.6 Å². The SMILES string of the molecule is CCC(CC)c1cc(CNC(=NC)NCCc2nc3ccccc3[nH]2)on1.I. The molecule has 2 aromatic heterocycles. The number of guanidine groups is 1. The number of H-pyrrole nitrogens is 1. The summed E-state index contributed by atoms with van der Waals surface area (Å²) in [5, 5.41) is 10.8. The summed E-state index contributed by atoms with van der Waals surface area (Å²) >= 11 is 0. The van der Waals surface area contributed by atoms with Crippen molar-refractivity contribution in [2.24, 2.45) is 4.99 Å². The van der Waals surface area contributed by atoms with Crippen LogP contribution in [0.4, 0.5) is 0 Å². The third-order valence-electron chi connectivity index (χ3n) is 4.73. The van der Waals surface area contributed by atoms with Gasteiger partial charge in [-0.1, -0.05) is 31.1 Å². The number of hydrogen-bond donors (Lipinski definition) is 3. The van der Waals surface area contributed by atoms with E-state index in [1.165, 1.54) is 0 Å². The van der Waals surface area contributed by atoms with Gasteiger partial charge in [0, 0.05) is 32.0 Å². The fourth-order valence-corrected chi connectivity index (χ4v) is 3.13. The van der Waals surface area contributed by atoms with Crippen molar-refractivity contribution in [3.63, 3.8) is 0 Å². The Kier molecular flexibility index (Phi) is 8.75. The third-order valence-corrected chi connectivity index (χ3v) is 4.73. The number of rotatable bonds is 8. The molecule has 0 aliphatic rings. The van der Waals surface area contributed by atoms with Gasteiger partial charge in [-0.2, -0.15) is 0 Å². The Morgan fingerprint density at radius 1 is 1.21 bits per heavy atom. The predicted octanol–water partition coefficient (Wildman–Crippen LogP) is 3.98. The molecule has 0 saturated carbocycles. The van der Waals surface area contributed by atoms with E-state index in [-0.39, 0.29) is 24.0 Å². The van der Waals surface area contributed by atoms with Crippen molar-refractivity contribution in [1.82, 2.24) is 25.8 Å². The van der Waals surface area contributed by atoms with Crippen LogP contribution < -0.4 is 10.6 Å². The first-order valence-corrected chi connectivity index (χ1v) is 9.57. The predicted molar refractivity (Wildman–Crippen MR) is 123 cm³/mol. The third kappa shape index (κ3) is 5.70. The standard InChI is InChI=1S/C20H28N6O.HI/c1-4-14(5-2)18-12-15(27-26-18)13-23-20(21-3)22-11-10-19-24-16-8-6-7-9-17(16)25-19;/h6-9,12,14H,4-5,10-11,13H2,1-3H3,(H,24,25)(H2,21,22,23);1H. The number of para-hydroxylation sites is 2. The van der Waals surface area contributed by atoms with Gasteiger partial charge < -0.3 is 20.1 Å². The smallest absolute Gasteiger partial charge is 0.191 e. The molecule has 8 heteroatoms. The first kappa shape index (κ1) is 22.2. The summed E-state index contributed by atoms with van der Waals surface area (Å²) < 4.78 is 5.44. The van der Waals surface area contributed by atoms with Gasteiger partial charge in [-0.05, 0) is 25.0 Å². The number of halogens is 1.